The Morgan fingerprint density at radius 2 is 1.71 bits per heavy atom. The zero-order chi connectivity index (χ0) is 15.5. The van der Waals surface area contributed by atoms with Gasteiger partial charge in [-0.1, -0.05) is 52.3 Å². The minimum absolute atomic E-state index is 0.0240. The Bertz CT molecular complexity index is 652. The van der Waals surface area contributed by atoms with E-state index in [0.717, 1.165) is 28.3 Å². The van der Waals surface area contributed by atoms with Crippen molar-refractivity contribution in [1.82, 2.24) is 4.57 Å². The van der Waals surface area contributed by atoms with Gasteiger partial charge in [0.05, 0.1) is 0 Å². The largest absolute Gasteiger partial charge is 0.431 e. The lowest BCUT2D eigenvalue weighted by atomic mass is 10.0. The van der Waals surface area contributed by atoms with E-state index >= 15 is 0 Å². The first-order valence-corrected chi connectivity index (χ1v) is 7.43. The number of hydrogen-bond donors (Lipinski definition) is 0. The van der Waals surface area contributed by atoms with Gasteiger partial charge in [0.1, 0.15) is 5.69 Å². The monoisotopic (exact) mass is 359 g/mol. The second kappa shape index (κ2) is 6.47. The molecule has 0 fully saturated rings. The van der Waals surface area contributed by atoms with E-state index in [-0.39, 0.29) is 12.5 Å². The molecule has 0 aliphatic heterocycles. The van der Waals surface area contributed by atoms with Crippen LogP contribution < -0.4 is 5.56 Å². The van der Waals surface area contributed by atoms with Gasteiger partial charge < -0.3 is 4.57 Å². The van der Waals surface area contributed by atoms with Gasteiger partial charge in [-0.15, -0.1) is 0 Å². The SMILES string of the molecule is O=c1cccc(C(F)(F)F)n1CC(CBr)c1ccccc1. The summed E-state index contributed by atoms with van der Waals surface area (Å²) in [5.41, 5.74) is -0.679. The number of pyridine rings is 1. The minimum Gasteiger partial charge on any atom is -0.304 e. The van der Waals surface area contributed by atoms with Gasteiger partial charge in [-0.05, 0) is 11.6 Å². The molecule has 1 unspecified atom stereocenters. The van der Waals surface area contributed by atoms with Crippen LogP contribution in [0.5, 0.6) is 0 Å². The van der Waals surface area contributed by atoms with E-state index in [1.165, 1.54) is 0 Å². The first-order valence-electron chi connectivity index (χ1n) is 6.31. The average Bonchev–Trinajstić information content (AvgIpc) is 2.45. The molecule has 0 spiro atoms. The number of nitrogens with zero attached hydrogens (tertiary/aromatic N) is 1. The summed E-state index contributed by atoms with van der Waals surface area (Å²) in [4.78, 5) is 11.8. The highest BCUT2D eigenvalue weighted by Gasteiger charge is 2.34. The molecule has 0 saturated heterocycles. The zero-order valence-corrected chi connectivity index (χ0v) is 12.6. The second-order valence-electron chi connectivity index (χ2n) is 4.62. The Morgan fingerprint density at radius 3 is 2.29 bits per heavy atom. The number of alkyl halides is 4. The molecule has 21 heavy (non-hydrogen) atoms. The smallest absolute Gasteiger partial charge is 0.304 e. The maximum absolute atomic E-state index is 13.0. The molecular formula is C15H13BrF3NO. The Kier molecular flexibility index (Phi) is 4.88. The molecule has 0 radical (unpaired) electrons. The molecule has 2 nitrogen and oxygen atoms in total. The van der Waals surface area contributed by atoms with Crippen LogP contribution in [0.4, 0.5) is 13.2 Å². The topological polar surface area (TPSA) is 22.0 Å². The first kappa shape index (κ1) is 15.8. The van der Waals surface area contributed by atoms with Gasteiger partial charge in [0, 0.05) is 23.9 Å². The molecule has 0 bridgehead atoms. The lowest BCUT2D eigenvalue weighted by Gasteiger charge is -2.20. The molecule has 1 heterocycles. The molecule has 1 aromatic heterocycles. The molecule has 0 amide bonds. The highest BCUT2D eigenvalue weighted by molar-refractivity contribution is 9.09. The Balaban J connectivity index is 2.41. The van der Waals surface area contributed by atoms with E-state index in [1.807, 2.05) is 30.3 Å². The van der Waals surface area contributed by atoms with Crippen molar-refractivity contribution in [2.75, 3.05) is 5.33 Å². The molecule has 0 N–H and O–H groups in total. The van der Waals surface area contributed by atoms with Crippen LogP contribution in [0.25, 0.3) is 0 Å². The number of aromatic nitrogens is 1. The average molecular weight is 360 g/mol. The fourth-order valence-electron chi connectivity index (χ4n) is 2.14. The fourth-order valence-corrected chi connectivity index (χ4v) is 2.72. The van der Waals surface area contributed by atoms with E-state index in [2.05, 4.69) is 15.9 Å². The number of halogens is 4. The van der Waals surface area contributed by atoms with Gasteiger partial charge in [-0.3, -0.25) is 4.79 Å². The predicted octanol–water partition coefficient (Wildman–Crippen LogP) is 4.05. The van der Waals surface area contributed by atoms with E-state index in [9.17, 15) is 18.0 Å². The van der Waals surface area contributed by atoms with Crippen LogP contribution in [-0.2, 0) is 12.7 Å². The molecule has 6 heteroatoms. The molecule has 0 aliphatic carbocycles. The van der Waals surface area contributed by atoms with E-state index in [0.29, 0.717) is 5.33 Å². The summed E-state index contributed by atoms with van der Waals surface area (Å²) >= 11 is 3.31. The quantitative estimate of drug-likeness (QED) is 0.755. The molecule has 2 rings (SSSR count). The molecule has 0 saturated carbocycles. The van der Waals surface area contributed by atoms with Gasteiger partial charge in [-0.25, -0.2) is 0 Å². The minimum atomic E-state index is -4.55. The summed E-state index contributed by atoms with van der Waals surface area (Å²) in [7, 11) is 0. The van der Waals surface area contributed by atoms with Gasteiger partial charge in [-0.2, -0.15) is 13.2 Å². The maximum atomic E-state index is 13.0. The van der Waals surface area contributed by atoms with Gasteiger partial charge >= 0.3 is 6.18 Å². The van der Waals surface area contributed by atoms with E-state index in [1.54, 1.807) is 0 Å². The van der Waals surface area contributed by atoms with Crippen molar-refractivity contribution in [2.24, 2.45) is 0 Å². The van der Waals surface area contributed by atoms with E-state index < -0.39 is 17.4 Å². The first-order chi connectivity index (χ1) is 9.93. The molecular weight excluding hydrogens is 347 g/mol. The summed E-state index contributed by atoms with van der Waals surface area (Å²) < 4.78 is 39.8. The lowest BCUT2D eigenvalue weighted by Crippen LogP contribution is -2.29. The number of rotatable bonds is 4. The molecule has 0 aliphatic rings. The molecule has 112 valence electrons. The summed E-state index contributed by atoms with van der Waals surface area (Å²) in [5, 5.41) is 0.468. The molecule has 2 aromatic rings. The van der Waals surface area contributed by atoms with Crippen LogP contribution in [0.1, 0.15) is 17.2 Å². The van der Waals surface area contributed by atoms with Crippen LogP contribution in [0.15, 0.2) is 53.3 Å². The highest BCUT2D eigenvalue weighted by atomic mass is 79.9. The predicted molar refractivity (Wildman–Crippen MR) is 78.7 cm³/mol. The van der Waals surface area contributed by atoms with Crippen LogP contribution in [0.3, 0.4) is 0 Å². The van der Waals surface area contributed by atoms with Crippen molar-refractivity contribution in [2.45, 2.75) is 18.6 Å². The summed E-state index contributed by atoms with van der Waals surface area (Å²) in [6, 6.07) is 12.4. The summed E-state index contributed by atoms with van der Waals surface area (Å²) in [6.45, 7) is -0.0240. The Hall–Kier alpha value is -1.56. The standard InChI is InChI=1S/C15H13BrF3NO/c16-9-12(11-5-2-1-3-6-11)10-20-13(15(17,18)19)7-4-8-14(20)21/h1-8,12H,9-10H2. The van der Waals surface area contributed by atoms with Gasteiger partial charge in [0.15, 0.2) is 0 Å². The third-order valence-corrected chi connectivity index (χ3v) is 3.98. The summed E-state index contributed by atoms with van der Waals surface area (Å²) in [5.74, 6) is -0.215. The van der Waals surface area contributed by atoms with Crippen molar-refractivity contribution in [1.29, 1.82) is 0 Å². The van der Waals surface area contributed by atoms with E-state index in [4.69, 9.17) is 0 Å². The second-order valence-corrected chi connectivity index (χ2v) is 5.27. The van der Waals surface area contributed by atoms with Crippen molar-refractivity contribution in [3.8, 4) is 0 Å². The van der Waals surface area contributed by atoms with Crippen molar-refractivity contribution in [3.05, 3.63) is 70.1 Å². The Morgan fingerprint density at radius 1 is 1.05 bits per heavy atom. The number of hydrogen-bond acceptors (Lipinski definition) is 1. The molecule has 1 atom stereocenters. The zero-order valence-electron chi connectivity index (χ0n) is 11.0. The molecule has 1 aromatic carbocycles. The van der Waals surface area contributed by atoms with Crippen LogP contribution in [-0.4, -0.2) is 9.90 Å². The van der Waals surface area contributed by atoms with Crippen LogP contribution >= 0.6 is 15.9 Å². The van der Waals surface area contributed by atoms with Gasteiger partial charge in [0.25, 0.3) is 5.56 Å². The van der Waals surface area contributed by atoms with Crippen molar-refractivity contribution >= 4 is 15.9 Å². The lowest BCUT2D eigenvalue weighted by molar-refractivity contribution is -0.144. The third kappa shape index (κ3) is 3.75. The fraction of sp³-hybridized carbons (Fsp3) is 0.267. The normalized spacial score (nSPS) is 13.1. The third-order valence-electron chi connectivity index (χ3n) is 3.20. The van der Waals surface area contributed by atoms with Crippen molar-refractivity contribution in [3.63, 3.8) is 0 Å². The Labute approximate surface area is 128 Å². The number of benzene rings is 1. The van der Waals surface area contributed by atoms with Crippen LogP contribution in [0.2, 0.25) is 0 Å². The maximum Gasteiger partial charge on any atom is 0.431 e. The van der Waals surface area contributed by atoms with Gasteiger partial charge in [0.2, 0.25) is 0 Å². The van der Waals surface area contributed by atoms with Crippen LogP contribution in [0, 0.1) is 0 Å². The van der Waals surface area contributed by atoms with Crippen molar-refractivity contribution < 1.29 is 13.2 Å². The summed E-state index contributed by atoms with van der Waals surface area (Å²) in [6.07, 6.45) is -4.55. The highest BCUT2D eigenvalue weighted by Crippen LogP contribution is 2.29.